The Morgan fingerprint density at radius 3 is 2.62 bits per heavy atom. The molecule has 2 aliphatic heterocycles. The predicted molar refractivity (Wildman–Crippen MR) is 117 cm³/mol. The number of methoxy groups -OCH3 is 1. The quantitative estimate of drug-likeness (QED) is 0.541. The molecule has 0 aliphatic carbocycles. The van der Waals surface area contributed by atoms with Crippen molar-refractivity contribution >= 4 is 5.96 Å². The highest BCUT2D eigenvalue weighted by atomic mass is 16.5. The topological polar surface area (TPSA) is 64.1 Å². The van der Waals surface area contributed by atoms with Crippen LogP contribution in [0.25, 0.3) is 0 Å². The van der Waals surface area contributed by atoms with E-state index in [4.69, 9.17) is 19.2 Å². The van der Waals surface area contributed by atoms with Crippen molar-refractivity contribution in [2.75, 3.05) is 46.6 Å². The number of ether oxygens (including phenoxy) is 3. The van der Waals surface area contributed by atoms with Gasteiger partial charge in [0.15, 0.2) is 5.96 Å². The first-order valence-corrected chi connectivity index (χ1v) is 10.9. The summed E-state index contributed by atoms with van der Waals surface area (Å²) in [6, 6.07) is 6.46. The minimum Gasteiger partial charge on any atom is -0.496 e. The second-order valence-corrected chi connectivity index (χ2v) is 8.55. The molecule has 0 aromatic heterocycles. The smallest absolute Gasteiger partial charge is 0.191 e. The Morgan fingerprint density at radius 1 is 1.17 bits per heavy atom. The summed E-state index contributed by atoms with van der Waals surface area (Å²) in [5.74, 6) is 1.80. The van der Waals surface area contributed by atoms with Crippen LogP contribution in [0.4, 0.5) is 0 Å². The summed E-state index contributed by atoms with van der Waals surface area (Å²) >= 11 is 0. The Hall–Kier alpha value is -1.79. The fourth-order valence-corrected chi connectivity index (χ4v) is 4.34. The van der Waals surface area contributed by atoms with Crippen LogP contribution in [0.15, 0.2) is 23.2 Å². The Labute approximate surface area is 175 Å². The summed E-state index contributed by atoms with van der Waals surface area (Å²) in [5, 5.41) is 7.01. The molecule has 1 atom stereocenters. The van der Waals surface area contributed by atoms with E-state index in [9.17, 15) is 0 Å². The third-order valence-electron chi connectivity index (χ3n) is 6.19. The fourth-order valence-electron chi connectivity index (χ4n) is 4.34. The maximum atomic E-state index is 5.90. The average Bonchev–Trinajstić information content (AvgIpc) is 3.17. The summed E-state index contributed by atoms with van der Waals surface area (Å²) in [7, 11) is 1.75. The molecular weight excluding hydrogens is 366 g/mol. The molecule has 29 heavy (non-hydrogen) atoms. The van der Waals surface area contributed by atoms with Gasteiger partial charge in [0.25, 0.3) is 0 Å². The Morgan fingerprint density at radius 2 is 1.97 bits per heavy atom. The number of guanidine groups is 1. The molecule has 2 aliphatic rings. The average molecular weight is 404 g/mol. The van der Waals surface area contributed by atoms with Crippen LogP contribution in [-0.4, -0.2) is 58.1 Å². The summed E-state index contributed by atoms with van der Waals surface area (Å²) in [6.45, 7) is 11.0. The molecule has 0 bridgehead atoms. The van der Waals surface area contributed by atoms with Gasteiger partial charge in [0.1, 0.15) is 5.75 Å². The van der Waals surface area contributed by atoms with Crippen LogP contribution in [0.2, 0.25) is 0 Å². The van der Waals surface area contributed by atoms with Gasteiger partial charge in [-0.2, -0.15) is 0 Å². The first kappa shape index (κ1) is 21.9. The van der Waals surface area contributed by atoms with Crippen molar-refractivity contribution < 1.29 is 14.2 Å². The monoisotopic (exact) mass is 403 g/mol. The molecule has 0 radical (unpaired) electrons. The molecule has 1 aromatic rings. The Balaban J connectivity index is 1.79. The first-order valence-electron chi connectivity index (χ1n) is 10.9. The van der Waals surface area contributed by atoms with E-state index >= 15 is 0 Å². The number of nitrogens with one attached hydrogen (secondary N) is 2. The number of nitrogens with zero attached hydrogens (tertiary/aromatic N) is 1. The molecule has 3 rings (SSSR count). The number of aryl methyl sites for hydroxylation is 1. The van der Waals surface area contributed by atoms with Crippen molar-refractivity contribution in [2.24, 2.45) is 4.99 Å². The third-order valence-corrected chi connectivity index (χ3v) is 6.19. The first-order chi connectivity index (χ1) is 14.0. The van der Waals surface area contributed by atoms with Gasteiger partial charge >= 0.3 is 0 Å². The number of hydrogen-bond acceptors (Lipinski definition) is 4. The molecule has 2 fully saturated rings. The van der Waals surface area contributed by atoms with Gasteiger partial charge in [0, 0.05) is 43.9 Å². The van der Waals surface area contributed by atoms with Crippen LogP contribution in [-0.2, 0) is 14.9 Å². The lowest BCUT2D eigenvalue weighted by Gasteiger charge is -2.39. The minimum atomic E-state index is -0.140. The maximum Gasteiger partial charge on any atom is 0.191 e. The highest BCUT2D eigenvalue weighted by Gasteiger charge is 2.37. The lowest BCUT2D eigenvalue weighted by molar-refractivity contribution is 0.0283. The maximum absolute atomic E-state index is 5.90. The predicted octanol–water partition coefficient (Wildman–Crippen LogP) is 3.18. The summed E-state index contributed by atoms with van der Waals surface area (Å²) in [5.41, 5.74) is 2.33. The van der Waals surface area contributed by atoms with Crippen molar-refractivity contribution in [2.45, 2.75) is 57.5 Å². The van der Waals surface area contributed by atoms with Crippen molar-refractivity contribution in [3.8, 4) is 5.75 Å². The van der Waals surface area contributed by atoms with Crippen LogP contribution >= 0.6 is 0 Å². The van der Waals surface area contributed by atoms with Crippen LogP contribution in [0.5, 0.6) is 5.75 Å². The van der Waals surface area contributed by atoms with Crippen LogP contribution in [0.3, 0.4) is 0 Å². The van der Waals surface area contributed by atoms with Gasteiger partial charge in [0.05, 0.1) is 19.3 Å². The van der Waals surface area contributed by atoms with E-state index in [1.54, 1.807) is 7.11 Å². The standard InChI is InChI=1S/C23H37N3O3/c1-5-24-21(25-16-22(3)9-6-12-29-22)26-17-23(10-13-28-14-11-23)19-15-18(2)7-8-20(19)27-4/h7-8,15H,5-6,9-14,16-17H2,1-4H3,(H2,24,25,26). The van der Waals surface area contributed by atoms with E-state index in [0.717, 1.165) is 70.3 Å². The van der Waals surface area contributed by atoms with Crippen LogP contribution in [0, 0.1) is 6.92 Å². The molecule has 2 saturated heterocycles. The largest absolute Gasteiger partial charge is 0.496 e. The molecule has 0 saturated carbocycles. The summed E-state index contributed by atoms with van der Waals surface area (Å²) in [4.78, 5) is 4.84. The van der Waals surface area contributed by atoms with Crippen molar-refractivity contribution in [1.82, 2.24) is 10.6 Å². The van der Waals surface area contributed by atoms with E-state index in [1.165, 1.54) is 11.1 Å². The van der Waals surface area contributed by atoms with Crippen molar-refractivity contribution in [3.63, 3.8) is 0 Å². The zero-order valence-electron chi connectivity index (χ0n) is 18.5. The number of aliphatic imine (C=N–C) groups is 1. The lowest BCUT2D eigenvalue weighted by Crippen LogP contribution is -2.48. The van der Waals surface area contributed by atoms with Gasteiger partial charge in [-0.3, -0.25) is 4.99 Å². The van der Waals surface area contributed by atoms with Gasteiger partial charge in [-0.1, -0.05) is 17.7 Å². The SMILES string of the molecule is CCNC(=NCC1(C)CCCO1)NCC1(c2cc(C)ccc2OC)CCOCC1. The summed E-state index contributed by atoms with van der Waals surface area (Å²) < 4.78 is 17.3. The molecule has 1 aromatic carbocycles. The molecule has 2 heterocycles. The van der Waals surface area contributed by atoms with Crippen molar-refractivity contribution in [1.29, 1.82) is 0 Å². The normalized spacial score (nSPS) is 24.3. The van der Waals surface area contributed by atoms with E-state index in [2.05, 4.69) is 49.6 Å². The number of benzene rings is 1. The molecule has 6 nitrogen and oxygen atoms in total. The van der Waals surface area contributed by atoms with E-state index in [0.29, 0.717) is 6.54 Å². The summed E-state index contributed by atoms with van der Waals surface area (Å²) in [6.07, 6.45) is 4.10. The number of hydrogen-bond donors (Lipinski definition) is 2. The van der Waals surface area contributed by atoms with Gasteiger partial charge in [-0.15, -0.1) is 0 Å². The van der Waals surface area contributed by atoms with Crippen LogP contribution in [0.1, 0.15) is 50.7 Å². The van der Waals surface area contributed by atoms with Gasteiger partial charge < -0.3 is 24.8 Å². The molecule has 0 spiro atoms. The lowest BCUT2D eigenvalue weighted by atomic mass is 9.73. The van der Waals surface area contributed by atoms with Gasteiger partial charge in [-0.05, 0) is 52.5 Å². The highest BCUT2D eigenvalue weighted by Crippen LogP contribution is 2.40. The van der Waals surface area contributed by atoms with Gasteiger partial charge in [0.2, 0.25) is 0 Å². The zero-order valence-corrected chi connectivity index (χ0v) is 18.5. The molecular formula is C23H37N3O3. The molecule has 1 unspecified atom stereocenters. The second-order valence-electron chi connectivity index (χ2n) is 8.55. The zero-order chi connectivity index (χ0) is 20.7. The highest BCUT2D eigenvalue weighted by molar-refractivity contribution is 5.80. The van der Waals surface area contributed by atoms with E-state index in [-0.39, 0.29) is 11.0 Å². The molecule has 0 amide bonds. The molecule has 162 valence electrons. The van der Waals surface area contributed by atoms with E-state index in [1.807, 2.05) is 0 Å². The number of rotatable bonds is 7. The fraction of sp³-hybridized carbons (Fsp3) is 0.696. The molecule has 6 heteroatoms. The minimum absolute atomic E-state index is 0.0421. The molecule has 2 N–H and O–H groups in total. The third kappa shape index (κ3) is 5.43. The second kappa shape index (κ2) is 9.81. The Bertz CT molecular complexity index is 693. The van der Waals surface area contributed by atoms with Gasteiger partial charge in [-0.25, -0.2) is 0 Å². The van der Waals surface area contributed by atoms with E-state index < -0.39 is 0 Å². The van der Waals surface area contributed by atoms with Crippen LogP contribution < -0.4 is 15.4 Å². The van der Waals surface area contributed by atoms with Crippen molar-refractivity contribution in [3.05, 3.63) is 29.3 Å². The Kier molecular flexibility index (Phi) is 7.41.